The highest BCUT2D eigenvalue weighted by Gasteiger charge is 2.27. The van der Waals surface area contributed by atoms with E-state index >= 15 is 0 Å². The number of hydrogen-bond acceptors (Lipinski definition) is 5. The Morgan fingerprint density at radius 3 is 2.72 bits per heavy atom. The van der Waals surface area contributed by atoms with Gasteiger partial charge in [0.05, 0.1) is 17.9 Å². The van der Waals surface area contributed by atoms with Crippen molar-refractivity contribution in [3.63, 3.8) is 0 Å². The Kier molecular flexibility index (Phi) is 7.16. The van der Waals surface area contributed by atoms with Crippen molar-refractivity contribution in [2.75, 3.05) is 26.4 Å². The van der Waals surface area contributed by atoms with Crippen molar-refractivity contribution in [3.8, 4) is 22.5 Å². The molecule has 1 saturated heterocycles. The molecule has 1 atom stereocenters. The topological polar surface area (TPSA) is 63.1 Å². The van der Waals surface area contributed by atoms with Crippen LogP contribution in [0.25, 0.3) is 22.5 Å². The van der Waals surface area contributed by atoms with E-state index in [1.165, 1.54) is 17.7 Å². The summed E-state index contributed by atoms with van der Waals surface area (Å²) in [4.78, 5) is 16.8. The molecule has 0 spiro atoms. The predicted molar refractivity (Wildman–Crippen MR) is 142 cm³/mol. The van der Waals surface area contributed by atoms with Crippen LogP contribution in [0.15, 0.2) is 73.1 Å². The fraction of sp³-hybridized carbons (Fsp3) is 0.250. The van der Waals surface area contributed by atoms with Crippen molar-refractivity contribution in [2.45, 2.75) is 18.9 Å². The lowest BCUT2D eigenvalue weighted by Crippen LogP contribution is -2.18. The summed E-state index contributed by atoms with van der Waals surface area (Å²) in [6.45, 7) is 2.57. The zero-order valence-corrected chi connectivity index (χ0v) is 21.1. The van der Waals surface area contributed by atoms with Gasteiger partial charge in [0, 0.05) is 55.1 Å². The van der Waals surface area contributed by atoms with Crippen molar-refractivity contribution in [2.24, 2.45) is 0 Å². The number of nitrogens with zero attached hydrogens (tertiary/aromatic N) is 4. The molecule has 3 heterocycles. The molecule has 2 aromatic heterocycles. The number of aromatic nitrogens is 3. The number of nitrogens with one attached hydrogen (secondary N) is 1. The second-order valence-corrected chi connectivity index (χ2v) is 9.78. The lowest BCUT2D eigenvalue weighted by atomic mass is 9.92. The summed E-state index contributed by atoms with van der Waals surface area (Å²) in [7, 11) is 1.63. The molecule has 1 N–H and O–H groups in total. The van der Waals surface area contributed by atoms with Gasteiger partial charge in [-0.25, -0.2) is 4.39 Å². The molecule has 8 heteroatoms. The van der Waals surface area contributed by atoms with E-state index < -0.39 is 0 Å². The quantitative estimate of drug-likeness (QED) is 0.352. The SMILES string of the molecule is CNC(=O)c1cccc(Cn2ccc(-c3cc(-c4ccc(F)cc4)ncc3C3CCN(SC)C3)n2)c1. The third-order valence-corrected chi connectivity index (χ3v) is 7.45. The predicted octanol–water partition coefficient (Wildman–Crippen LogP) is 5.23. The van der Waals surface area contributed by atoms with Crippen molar-refractivity contribution in [1.29, 1.82) is 0 Å². The summed E-state index contributed by atoms with van der Waals surface area (Å²) in [5, 5.41) is 7.57. The number of amides is 1. The fourth-order valence-electron chi connectivity index (χ4n) is 4.68. The summed E-state index contributed by atoms with van der Waals surface area (Å²) in [6, 6.07) is 18.1. The van der Waals surface area contributed by atoms with E-state index in [-0.39, 0.29) is 11.7 Å². The van der Waals surface area contributed by atoms with Gasteiger partial charge >= 0.3 is 0 Å². The van der Waals surface area contributed by atoms with Crippen LogP contribution in [-0.2, 0) is 6.54 Å². The minimum absolute atomic E-state index is 0.108. The van der Waals surface area contributed by atoms with Gasteiger partial charge < -0.3 is 5.32 Å². The first-order chi connectivity index (χ1) is 17.5. The first-order valence-electron chi connectivity index (χ1n) is 11.9. The first-order valence-corrected chi connectivity index (χ1v) is 13.1. The molecule has 2 aromatic carbocycles. The molecule has 36 heavy (non-hydrogen) atoms. The number of rotatable bonds is 7. The van der Waals surface area contributed by atoms with E-state index in [0.717, 1.165) is 47.6 Å². The van der Waals surface area contributed by atoms with Gasteiger partial charge in [-0.1, -0.05) is 24.1 Å². The molecule has 1 aliphatic rings. The van der Waals surface area contributed by atoms with Crippen molar-refractivity contribution < 1.29 is 9.18 Å². The number of carbonyl (C=O) groups is 1. The second-order valence-electron chi connectivity index (χ2n) is 8.90. The Bertz CT molecular complexity index is 1370. The summed E-state index contributed by atoms with van der Waals surface area (Å²) in [5.41, 5.74) is 6.40. The highest BCUT2D eigenvalue weighted by atomic mass is 32.2. The number of benzene rings is 2. The minimum atomic E-state index is -0.266. The standard InChI is InChI=1S/C28H28FN5OS/c1-30-28(35)21-5-3-4-19(14-21)17-33-12-11-26(32-33)24-15-27(20-6-8-23(29)9-7-20)31-16-25(24)22-10-13-34(18-22)36-2/h3-9,11-12,14-16,22H,10,13,17-18H2,1-2H3,(H,30,35). The minimum Gasteiger partial charge on any atom is -0.355 e. The molecular weight excluding hydrogens is 473 g/mol. The summed E-state index contributed by atoms with van der Waals surface area (Å²) in [5.74, 6) is -0.00172. The Labute approximate surface area is 214 Å². The van der Waals surface area contributed by atoms with Crippen LogP contribution < -0.4 is 5.32 Å². The first kappa shape index (κ1) is 24.2. The van der Waals surface area contributed by atoms with Gasteiger partial charge in [0.1, 0.15) is 5.82 Å². The van der Waals surface area contributed by atoms with E-state index in [0.29, 0.717) is 18.0 Å². The average Bonchev–Trinajstić information content (AvgIpc) is 3.58. The third kappa shape index (κ3) is 5.20. The normalized spacial score (nSPS) is 15.8. The molecule has 6 nitrogen and oxygen atoms in total. The molecule has 0 bridgehead atoms. The van der Waals surface area contributed by atoms with Gasteiger partial charge in [0.15, 0.2) is 0 Å². The van der Waals surface area contributed by atoms with Crippen LogP contribution in [0.5, 0.6) is 0 Å². The van der Waals surface area contributed by atoms with Crippen LogP contribution in [-0.4, -0.2) is 51.4 Å². The van der Waals surface area contributed by atoms with E-state index in [1.54, 1.807) is 37.2 Å². The van der Waals surface area contributed by atoms with Crippen molar-refractivity contribution in [1.82, 2.24) is 24.4 Å². The second kappa shape index (κ2) is 10.6. The molecule has 0 radical (unpaired) electrons. The van der Waals surface area contributed by atoms with E-state index in [9.17, 15) is 9.18 Å². The maximum absolute atomic E-state index is 13.5. The van der Waals surface area contributed by atoms with Crippen LogP contribution in [0, 0.1) is 5.82 Å². The highest BCUT2D eigenvalue weighted by molar-refractivity contribution is 7.96. The van der Waals surface area contributed by atoms with Crippen LogP contribution in [0.2, 0.25) is 0 Å². The molecule has 0 saturated carbocycles. The van der Waals surface area contributed by atoms with Gasteiger partial charge in [-0.3, -0.25) is 18.8 Å². The molecule has 4 aromatic rings. The molecule has 1 fully saturated rings. The van der Waals surface area contributed by atoms with Crippen LogP contribution in [0.3, 0.4) is 0 Å². The van der Waals surface area contributed by atoms with Crippen molar-refractivity contribution >= 4 is 17.9 Å². The molecule has 1 unspecified atom stereocenters. The number of hydrogen-bond donors (Lipinski definition) is 1. The van der Waals surface area contributed by atoms with Crippen LogP contribution >= 0.6 is 11.9 Å². The lowest BCUT2D eigenvalue weighted by molar-refractivity contribution is 0.0963. The Hall–Kier alpha value is -3.49. The zero-order chi connectivity index (χ0) is 25.1. The van der Waals surface area contributed by atoms with Crippen LogP contribution in [0.4, 0.5) is 4.39 Å². The number of pyridine rings is 1. The zero-order valence-electron chi connectivity index (χ0n) is 20.3. The van der Waals surface area contributed by atoms with Gasteiger partial charge in [-0.2, -0.15) is 5.10 Å². The Morgan fingerprint density at radius 1 is 1.14 bits per heavy atom. The molecule has 5 rings (SSSR count). The third-order valence-electron chi connectivity index (χ3n) is 6.60. The fourth-order valence-corrected chi connectivity index (χ4v) is 5.29. The molecule has 0 aliphatic carbocycles. The van der Waals surface area contributed by atoms with Gasteiger partial charge in [0.25, 0.3) is 5.91 Å². The van der Waals surface area contributed by atoms with E-state index in [2.05, 4.69) is 21.9 Å². The lowest BCUT2D eigenvalue weighted by Gasteiger charge is -2.16. The maximum atomic E-state index is 13.5. The molecule has 184 valence electrons. The Morgan fingerprint density at radius 2 is 1.97 bits per heavy atom. The van der Waals surface area contributed by atoms with Gasteiger partial charge in [-0.05, 0) is 72.3 Å². The summed E-state index contributed by atoms with van der Waals surface area (Å²) >= 11 is 1.77. The van der Waals surface area contributed by atoms with E-state index in [4.69, 9.17) is 10.1 Å². The number of carbonyl (C=O) groups excluding carboxylic acids is 1. The molecule has 1 aliphatic heterocycles. The largest absolute Gasteiger partial charge is 0.355 e. The molecule has 1 amide bonds. The smallest absolute Gasteiger partial charge is 0.251 e. The number of halogens is 1. The average molecular weight is 502 g/mol. The van der Waals surface area contributed by atoms with Crippen molar-refractivity contribution in [3.05, 3.63) is 95.6 Å². The summed E-state index contributed by atoms with van der Waals surface area (Å²) in [6.07, 6.45) is 7.11. The van der Waals surface area contributed by atoms with Gasteiger partial charge in [0.2, 0.25) is 0 Å². The molecular formula is C28H28FN5OS. The van der Waals surface area contributed by atoms with Gasteiger partial charge in [-0.15, -0.1) is 0 Å². The maximum Gasteiger partial charge on any atom is 0.251 e. The summed E-state index contributed by atoms with van der Waals surface area (Å²) < 4.78 is 17.8. The van der Waals surface area contributed by atoms with Crippen LogP contribution in [0.1, 0.15) is 33.8 Å². The Balaban J connectivity index is 1.48. The van der Waals surface area contributed by atoms with E-state index in [1.807, 2.05) is 41.3 Å². The highest BCUT2D eigenvalue weighted by Crippen LogP contribution is 2.37. The monoisotopic (exact) mass is 501 g/mol.